The number of rotatable bonds is 9. The van der Waals surface area contributed by atoms with E-state index in [2.05, 4.69) is 22.8 Å². The van der Waals surface area contributed by atoms with Crippen molar-refractivity contribution in [1.29, 1.82) is 0 Å². The zero-order valence-corrected chi connectivity index (χ0v) is 27.0. The van der Waals surface area contributed by atoms with Gasteiger partial charge in [0.1, 0.15) is 0 Å². The zero-order valence-electron chi connectivity index (χ0n) is 27.0. The van der Waals surface area contributed by atoms with Crippen LogP contribution in [-0.4, -0.2) is 51.1 Å². The van der Waals surface area contributed by atoms with Gasteiger partial charge >= 0.3 is 11.8 Å². The number of amides is 1. The molecule has 1 saturated carbocycles. The molecule has 2 aromatic rings. The van der Waals surface area contributed by atoms with E-state index >= 15 is 0 Å². The summed E-state index contributed by atoms with van der Waals surface area (Å²) in [5.41, 5.74) is 8.11. The Morgan fingerprint density at radius 3 is 2.47 bits per heavy atom. The molecule has 3 rings (SSSR count). The monoisotopic (exact) mass is 621 g/mol. The Morgan fingerprint density at radius 2 is 1.89 bits per heavy atom. The Kier molecular flexibility index (Phi) is 13.7. The Balaban J connectivity index is 0.00000345. The van der Waals surface area contributed by atoms with Gasteiger partial charge in [-0.05, 0) is 82.1 Å². The van der Waals surface area contributed by atoms with Crippen molar-refractivity contribution in [3.63, 3.8) is 0 Å². The topological polar surface area (TPSA) is 162 Å². The molecule has 0 saturated heterocycles. The number of nitro groups is 1. The van der Waals surface area contributed by atoms with Gasteiger partial charge in [0, 0.05) is 37.0 Å². The number of aromatic nitrogens is 1. The molecule has 0 spiro atoms. The number of allylic oxidation sites excluding steroid dienone is 1. The number of aryl methyl sites for hydroxylation is 1. The number of carbonyl (C=O) groups excluding carboxylic acids is 2. The van der Waals surface area contributed by atoms with E-state index in [1.807, 2.05) is 27.7 Å². The smallest absolute Gasteiger partial charge is 0.504 e. The van der Waals surface area contributed by atoms with Crippen LogP contribution in [0.2, 0.25) is 0 Å². The van der Waals surface area contributed by atoms with E-state index in [1.54, 1.807) is 19.9 Å². The van der Waals surface area contributed by atoms with Gasteiger partial charge in [-0.15, -0.1) is 0 Å². The number of nitrogens with zero attached hydrogens (tertiary/aromatic N) is 4. The lowest BCUT2D eigenvalue weighted by Gasteiger charge is -2.34. The number of likely N-dealkylation sites (N-methyl/N-ethyl adjacent to an activating group) is 1. The zero-order chi connectivity index (χ0) is 33.8. The molecule has 1 aromatic carbocycles. The van der Waals surface area contributed by atoms with Crippen molar-refractivity contribution in [3.8, 4) is 17.4 Å². The Bertz CT molecular complexity index is 1490. The molecular formula is C33H43N5O7. The standard InChI is InChI=1S/C31H37N5O7.C2H6/c1-7-22-21(12-18(4)13-23(22)32)17-24-19(5)10-11-28(34-24)42-31(39)43-29-26(36(40)41)15-20(16-27(29)37)14-25(33-6)30(38)35(8-2)9-3;1-2/h7,10-11,14-16,18,21,23,37H,8-9,12-13,17,32H2,1-5H3;1-2H3/b22-7+,25-14-;. The van der Waals surface area contributed by atoms with Gasteiger partial charge in [-0.2, -0.15) is 0 Å². The Labute approximate surface area is 264 Å². The molecule has 3 N–H and O–H groups in total. The van der Waals surface area contributed by atoms with E-state index in [9.17, 15) is 24.8 Å². The first-order valence-electron chi connectivity index (χ1n) is 15.1. The molecule has 1 heterocycles. The number of hydrogen-bond acceptors (Lipinski definition) is 9. The highest BCUT2D eigenvalue weighted by Crippen LogP contribution is 2.39. The number of ether oxygens (including phenoxy) is 2. The van der Waals surface area contributed by atoms with Crippen LogP contribution in [0, 0.1) is 35.4 Å². The summed E-state index contributed by atoms with van der Waals surface area (Å²) >= 11 is 0. The molecule has 0 aliphatic heterocycles. The van der Waals surface area contributed by atoms with E-state index in [1.165, 1.54) is 16.5 Å². The summed E-state index contributed by atoms with van der Waals surface area (Å²) in [6, 6.07) is 5.25. The second kappa shape index (κ2) is 16.9. The number of hydrogen-bond donors (Lipinski definition) is 2. The van der Waals surface area contributed by atoms with Gasteiger partial charge in [0.2, 0.25) is 5.88 Å². The lowest BCUT2D eigenvalue weighted by atomic mass is 9.73. The lowest BCUT2D eigenvalue weighted by molar-refractivity contribution is -0.385. The first kappa shape index (κ1) is 36.4. The normalized spacial score (nSPS) is 18.7. The molecule has 12 heteroatoms. The average Bonchev–Trinajstić information content (AvgIpc) is 3.00. The van der Waals surface area contributed by atoms with Crippen LogP contribution in [0.4, 0.5) is 10.5 Å². The number of pyridine rings is 1. The number of phenolic OH excluding ortho intramolecular Hbond substituents is 1. The highest BCUT2D eigenvalue weighted by Gasteiger charge is 2.30. The molecule has 1 aliphatic rings. The fourth-order valence-electron chi connectivity index (χ4n) is 5.39. The second-order valence-electron chi connectivity index (χ2n) is 10.5. The molecule has 45 heavy (non-hydrogen) atoms. The maximum Gasteiger partial charge on any atom is 0.521 e. The van der Waals surface area contributed by atoms with E-state index in [4.69, 9.17) is 21.8 Å². The molecular weight excluding hydrogens is 578 g/mol. The van der Waals surface area contributed by atoms with Crippen LogP contribution in [0.3, 0.4) is 0 Å². The first-order chi connectivity index (χ1) is 21.4. The quantitative estimate of drug-likeness (QED) is 0.0597. The molecule has 3 atom stereocenters. The first-order valence-corrected chi connectivity index (χ1v) is 15.1. The van der Waals surface area contributed by atoms with Crippen LogP contribution in [0.15, 0.2) is 41.6 Å². The summed E-state index contributed by atoms with van der Waals surface area (Å²) in [6.45, 7) is 21.6. The number of phenols is 1. The van der Waals surface area contributed by atoms with Gasteiger partial charge in [0.05, 0.1) is 11.5 Å². The lowest BCUT2D eigenvalue weighted by Crippen LogP contribution is -2.35. The number of carbonyl (C=O) groups is 2. The van der Waals surface area contributed by atoms with Crippen molar-refractivity contribution >= 4 is 23.8 Å². The summed E-state index contributed by atoms with van der Waals surface area (Å²) in [7, 11) is 0. The average molecular weight is 622 g/mol. The molecule has 12 nitrogen and oxygen atoms in total. The number of benzene rings is 1. The summed E-state index contributed by atoms with van der Waals surface area (Å²) in [5, 5.41) is 22.4. The highest BCUT2D eigenvalue weighted by atomic mass is 16.7. The highest BCUT2D eigenvalue weighted by molar-refractivity contribution is 5.99. The van der Waals surface area contributed by atoms with Gasteiger partial charge in [0.25, 0.3) is 17.4 Å². The molecule has 0 radical (unpaired) electrons. The third-order valence-electron chi connectivity index (χ3n) is 7.53. The third-order valence-corrected chi connectivity index (χ3v) is 7.53. The van der Waals surface area contributed by atoms with Crippen molar-refractivity contribution in [2.45, 2.75) is 73.8 Å². The fraction of sp³-hybridized carbons (Fsp3) is 0.455. The summed E-state index contributed by atoms with van der Waals surface area (Å²) in [4.78, 5) is 45.4. The second-order valence-corrected chi connectivity index (χ2v) is 10.5. The minimum atomic E-state index is -1.34. The molecule has 1 aliphatic carbocycles. The van der Waals surface area contributed by atoms with Gasteiger partial charge in [0.15, 0.2) is 5.75 Å². The van der Waals surface area contributed by atoms with Gasteiger partial charge in [-0.1, -0.05) is 38.5 Å². The van der Waals surface area contributed by atoms with Crippen LogP contribution in [0.1, 0.15) is 71.2 Å². The molecule has 1 fully saturated rings. The summed E-state index contributed by atoms with van der Waals surface area (Å²) < 4.78 is 10.3. The third kappa shape index (κ3) is 9.36. The van der Waals surface area contributed by atoms with Crippen LogP contribution in [0.25, 0.3) is 10.9 Å². The van der Waals surface area contributed by atoms with Gasteiger partial charge in [-0.3, -0.25) is 14.9 Å². The van der Waals surface area contributed by atoms with Crippen molar-refractivity contribution in [3.05, 3.63) is 80.0 Å². The van der Waals surface area contributed by atoms with Crippen LogP contribution < -0.4 is 15.2 Å². The Morgan fingerprint density at radius 1 is 1.22 bits per heavy atom. The van der Waals surface area contributed by atoms with Crippen molar-refractivity contribution in [1.82, 2.24) is 9.88 Å². The predicted molar refractivity (Wildman–Crippen MR) is 172 cm³/mol. The SMILES string of the molecule is CC.[C-]#[N+]/C(=C\c1cc(O)c(OC(=O)Oc2ccc(C)c(CC3CC(C)CC(N)/C3=C/C)n2)c([N+](=O)[O-])c1)C(=O)N(CC)CC. The molecule has 3 unspecified atom stereocenters. The fourth-order valence-corrected chi connectivity index (χ4v) is 5.39. The van der Waals surface area contributed by atoms with Crippen molar-refractivity contribution < 1.29 is 29.1 Å². The maximum absolute atomic E-state index is 12.7. The molecule has 242 valence electrons. The van der Waals surface area contributed by atoms with E-state index in [0.29, 0.717) is 25.4 Å². The molecule has 1 amide bonds. The summed E-state index contributed by atoms with van der Waals surface area (Å²) in [6.07, 6.45) is 4.31. The van der Waals surface area contributed by atoms with Crippen LogP contribution >= 0.6 is 0 Å². The Hall–Kier alpha value is -4.76. The van der Waals surface area contributed by atoms with E-state index < -0.39 is 34.2 Å². The van der Waals surface area contributed by atoms with Crippen molar-refractivity contribution in [2.24, 2.45) is 17.6 Å². The van der Waals surface area contributed by atoms with Crippen LogP contribution in [0.5, 0.6) is 17.4 Å². The minimum Gasteiger partial charge on any atom is -0.504 e. The minimum absolute atomic E-state index is 0.00138. The summed E-state index contributed by atoms with van der Waals surface area (Å²) in [5.74, 6) is -1.48. The van der Waals surface area contributed by atoms with Gasteiger partial charge in [-0.25, -0.2) is 14.6 Å². The number of nitrogens with two attached hydrogens (primary N) is 1. The number of aromatic hydroxyl groups is 1. The van der Waals surface area contributed by atoms with Crippen molar-refractivity contribution in [2.75, 3.05) is 13.1 Å². The number of nitro benzene ring substituents is 1. The van der Waals surface area contributed by atoms with Gasteiger partial charge < -0.3 is 25.2 Å². The molecule has 1 aromatic heterocycles. The van der Waals surface area contributed by atoms with E-state index in [-0.39, 0.29) is 29.1 Å². The molecule has 0 bridgehead atoms. The van der Waals surface area contributed by atoms with E-state index in [0.717, 1.165) is 42.3 Å². The largest absolute Gasteiger partial charge is 0.521 e. The predicted octanol–water partition coefficient (Wildman–Crippen LogP) is 6.60. The van der Waals surface area contributed by atoms with Crippen LogP contribution in [-0.2, 0) is 11.2 Å². The maximum atomic E-state index is 12.7.